The molecule has 2 fully saturated rings. The number of hydrogen-bond acceptors (Lipinski definition) is 6. The number of carbonyl (C=O) groups excluding carboxylic acids is 2. The van der Waals surface area contributed by atoms with Crippen molar-refractivity contribution in [1.29, 1.82) is 0 Å². The predicted octanol–water partition coefficient (Wildman–Crippen LogP) is 0.756. The van der Waals surface area contributed by atoms with Gasteiger partial charge < -0.3 is 19.3 Å². The third-order valence-corrected chi connectivity index (χ3v) is 3.49. The maximum absolute atomic E-state index is 14.3. The van der Waals surface area contributed by atoms with Crippen LogP contribution in [0.15, 0.2) is 0 Å². The topological polar surface area (TPSA) is 82.1 Å². The van der Waals surface area contributed by atoms with Crippen LogP contribution < -0.4 is 0 Å². The van der Waals surface area contributed by atoms with E-state index in [2.05, 4.69) is 4.74 Å². The Balaban J connectivity index is 2.37. The summed E-state index contributed by atoms with van der Waals surface area (Å²) < 4.78 is 43.1. The van der Waals surface area contributed by atoms with Crippen LogP contribution >= 0.6 is 0 Å². The maximum Gasteiger partial charge on any atom is 0.340 e. The van der Waals surface area contributed by atoms with Gasteiger partial charge in [-0.1, -0.05) is 0 Å². The number of carbonyl (C=O) groups is 2. The van der Waals surface area contributed by atoms with Gasteiger partial charge in [-0.05, 0) is 12.8 Å². The van der Waals surface area contributed by atoms with Crippen molar-refractivity contribution in [2.24, 2.45) is 0 Å². The number of esters is 2. The average molecular weight is 294 g/mol. The fourth-order valence-corrected chi connectivity index (χ4v) is 2.66. The zero-order valence-electron chi connectivity index (χ0n) is 11.1. The summed E-state index contributed by atoms with van der Waals surface area (Å²) in [5, 5.41) is 9.96. The maximum atomic E-state index is 14.3. The van der Waals surface area contributed by atoms with E-state index in [0.29, 0.717) is 12.8 Å². The Kier molecular flexibility index (Phi) is 3.72. The van der Waals surface area contributed by atoms with E-state index >= 15 is 0 Å². The van der Waals surface area contributed by atoms with E-state index in [0.717, 1.165) is 13.8 Å². The molecule has 2 heterocycles. The van der Waals surface area contributed by atoms with Gasteiger partial charge in [0.2, 0.25) is 11.9 Å². The van der Waals surface area contributed by atoms with Gasteiger partial charge in [0, 0.05) is 20.3 Å². The zero-order chi connectivity index (χ0) is 15.1. The molecule has 0 saturated carbocycles. The molecule has 1 N–H and O–H groups in total. The summed E-state index contributed by atoms with van der Waals surface area (Å²) in [4.78, 5) is 22.1. The van der Waals surface area contributed by atoms with Gasteiger partial charge in [0.1, 0.15) is 6.10 Å². The molecule has 0 aromatic carbocycles. The molecule has 114 valence electrons. The third-order valence-electron chi connectivity index (χ3n) is 3.49. The van der Waals surface area contributed by atoms with Gasteiger partial charge in [-0.15, -0.1) is 0 Å². The molecule has 2 saturated heterocycles. The van der Waals surface area contributed by atoms with Crippen LogP contribution in [0.1, 0.15) is 33.1 Å². The molecule has 2 rings (SSSR count). The molecule has 0 aliphatic carbocycles. The summed E-state index contributed by atoms with van der Waals surface area (Å²) in [6.45, 7) is 2.03. The summed E-state index contributed by atoms with van der Waals surface area (Å²) in [7, 11) is 0. The highest BCUT2D eigenvalue weighted by atomic mass is 19.3. The van der Waals surface area contributed by atoms with Crippen LogP contribution in [0.25, 0.3) is 0 Å². The summed E-state index contributed by atoms with van der Waals surface area (Å²) in [5.74, 6) is -8.31. The first-order valence-electron chi connectivity index (χ1n) is 6.30. The van der Waals surface area contributed by atoms with Crippen molar-refractivity contribution < 1.29 is 37.7 Å². The molecule has 6 nitrogen and oxygen atoms in total. The first kappa shape index (κ1) is 15.1. The Morgan fingerprint density at radius 2 is 1.85 bits per heavy atom. The van der Waals surface area contributed by atoms with Crippen molar-refractivity contribution in [2.75, 3.05) is 0 Å². The van der Waals surface area contributed by atoms with E-state index in [1.54, 1.807) is 0 Å². The van der Waals surface area contributed by atoms with Crippen LogP contribution in [0.3, 0.4) is 0 Å². The number of halogens is 2. The lowest BCUT2D eigenvalue weighted by Crippen LogP contribution is -2.71. The lowest BCUT2D eigenvalue weighted by Gasteiger charge is -2.51. The minimum atomic E-state index is -3.87. The van der Waals surface area contributed by atoms with E-state index in [1.807, 2.05) is 0 Å². The molecule has 2 bridgehead atoms. The van der Waals surface area contributed by atoms with Crippen molar-refractivity contribution in [3.8, 4) is 0 Å². The highest BCUT2D eigenvalue weighted by Crippen LogP contribution is 2.49. The van der Waals surface area contributed by atoms with Gasteiger partial charge in [-0.2, -0.15) is 8.78 Å². The molecule has 0 spiro atoms. The van der Waals surface area contributed by atoms with Crippen molar-refractivity contribution in [2.45, 2.75) is 63.1 Å². The van der Waals surface area contributed by atoms with Gasteiger partial charge in [0.15, 0.2) is 6.10 Å². The number of ether oxygens (including phenoxy) is 3. The van der Waals surface area contributed by atoms with Gasteiger partial charge in [-0.25, -0.2) is 0 Å². The Morgan fingerprint density at radius 3 is 2.40 bits per heavy atom. The molecule has 20 heavy (non-hydrogen) atoms. The van der Waals surface area contributed by atoms with Gasteiger partial charge in [-0.3, -0.25) is 9.59 Å². The predicted molar refractivity (Wildman–Crippen MR) is 59.7 cm³/mol. The van der Waals surface area contributed by atoms with Crippen LogP contribution in [0.5, 0.6) is 0 Å². The van der Waals surface area contributed by atoms with E-state index in [9.17, 15) is 23.5 Å². The van der Waals surface area contributed by atoms with E-state index in [4.69, 9.17) is 9.47 Å². The van der Waals surface area contributed by atoms with Gasteiger partial charge in [0.25, 0.3) is 0 Å². The number of rotatable bonds is 2. The summed E-state index contributed by atoms with van der Waals surface area (Å²) in [6, 6.07) is 0. The van der Waals surface area contributed by atoms with E-state index in [-0.39, 0.29) is 6.42 Å². The first-order chi connectivity index (χ1) is 9.17. The zero-order valence-corrected chi connectivity index (χ0v) is 11.1. The molecule has 0 radical (unpaired) electrons. The highest BCUT2D eigenvalue weighted by Gasteiger charge is 2.70. The smallest absolute Gasteiger partial charge is 0.340 e. The Morgan fingerprint density at radius 1 is 1.25 bits per heavy atom. The SMILES string of the molecule is CC(=O)O[C@@H]1[C@@H]2CCC[C@@](O)(O2)C(F)(F)[C@H]1OC(C)=O. The van der Waals surface area contributed by atoms with Crippen LogP contribution in [-0.2, 0) is 23.8 Å². The quantitative estimate of drug-likeness (QED) is 0.757. The number of fused-ring (bicyclic) bond motifs is 2. The molecule has 2 aliphatic rings. The minimum absolute atomic E-state index is 0.277. The van der Waals surface area contributed by atoms with Crippen LogP contribution in [0.2, 0.25) is 0 Å². The molecule has 0 aromatic rings. The molecular weight excluding hydrogens is 278 g/mol. The molecule has 0 amide bonds. The molecule has 0 unspecified atom stereocenters. The normalized spacial score (nSPS) is 39.0. The molecule has 0 aromatic heterocycles. The first-order valence-corrected chi connectivity index (χ1v) is 6.30. The molecule has 2 aliphatic heterocycles. The van der Waals surface area contributed by atoms with Crippen molar-refractivity contribution in [1.82, 2.24) is 0 Å². The fourth-order valence-electron chi connectivity index (χ4n) is 2.66. The minimum Gasteiger partial charge on any atom is -0.456 e. The average Bonchev–Trinajstić information content (AvgIpc) is 2.31. The van der Waals surface area contributed by atoms with Crippen molar-refractivity contribution in [3.05, 3.63) is 0 Å². The Hall–Kier alpha value is -1.28. The summed E-state index contributed by atoms with van der Waals surface area (Å²) in [6.07, 6.45) is -4.09. The lowest BCUT2D eigenvalue weighted by atomic mass is 9.82. The van der Waals surface area contributed by atoms with Gasteiger partial charge >= 0.3 is 17.9 Å². The number of hydrogen-bond donors (Lipinski definition) is 1. The number of alkyl halides is 2. The number of aliphatic hydroxyl groups is 1. The monoisotopic (exact) mass is 294 g/mol. The second-order valence-electron chi connectivity index (χ2n) is 5.06. The fraction of sp³-hybridized carbons (Fsp3) is 0.833. The third kappa shape index (κ3) is 2.37. The molecule has 4 atom stereocenters. The largest absolute Gasteiger partial charge is 0.456 e. The Bertz CT molecular complexity index is 426. The van der Waals surface area contributed by atoms with Crippen LogP contribution in [0, 0.1) is 0 Å². The van der Waals surface area contributed by atoms with Crippen molar-refractivity contribution in [3.63, 3.8) is 0 Å². The standard InChI is InChI=1S/C12H16F2O6/c1-6(15)18-9-8-4-3-5-11(17,20-8)12(13,14)10(9)19-7(2)16/h8-10,17H,3-5H2,1-2H3/t8-,9+,10-,11+/m0/s1. The Labute approximate surface area is 114 Å². The van der Waals surface area contributed by atoms with Gasteiger partial charge in [0.05, 0.1) is 0 Å². The lowest BCUT2D eigenvalue weighted by molar-refractivity contribution is -0.415. The molecular formula is C12H16F2O6. The van der Waals surface area contributed by atoms with E-state index < -0.39 is 42.0 Å². The van der Waals surface area contributed by atoms with Crippen molar-refractivity contribution >= 4 is 11.9 Å². The van der Waals surface area contributed by atoms with E-state index in [1.165, 1.54) is 0 Å². The second-order valence-corrected chi connectivity index (χ2v) is 5.06. The highest BCUT2D eigenvalue weighted by molar-refractivity contribution is 5.67. The van der Waals surface area contributed by atoms with Crippen LogP contribution in [-0.4, -0.2) is 47.1 Å². The second kappa shape index (κ2) is 4.92. The summed E-state index contributed by atoms with van der Waals surface area (Å²) >= 11 is 0. The van der Waals surface area contributed by atoms with Crippen LogP contribution in [0.4, 0.5) is 8.78 Å². The summed E-state index contributed by atoms with van der Waals surface area (Å²) in [5.41, 5.74) is 0. The molecule has 8 heteroatoms.